The summed E-state index contributed by atoms with van der Waals surface area (Å²) in [6, 6.07) is 0. The Balaban J connectivity index is 2.32. The lowest BCUT2D eigenvalue weighted by Gasteiger charge is -2.17. The average Bonchev–Trinajstić information content (AvgIpc) is 3.02. The van der Waals surface area contributed by atoms with Crippen molar-refractivity contribution < 1.29 is 14.5 Å². The topological polar surface area (TPSA) is 90.5 Å². The van der Waals surface area contributed by atoms with Gasteiger partial charge in [-0.15, -0.1) is 0 Å². The van der Waals surface area contributed by atoms with Gasteiger partial charge in [0.2, 0.25) is 5.82 Å². The van der Waals surface area contributed by atoms with E-state index < -0.39 is 0 Å². The largest absolute Gasteiger partial charge is 0.469 e. The van der Waals surface area contributed by atoms with Crippen LogP contribution in [0, 0.1) is 16.0 Å². The molecule has 0 amide bonds. The Labute approximate surface area is 122 Å². The summed E-state index contributed by atoms with van der Waals surface area (Å²) < 4.78 is 6.29. The fraction of sp³-hybridized carbons (Fsp3) is 0.692. The van der Waals surface area contributed by atoms with E-state index in [9.17, 15) is 14.9 Å². The molecule has 1 saturated heterocycles. The van der Waals surface area contributed by atoms with Crippen LogP contribution in [0.4, 0.5) is 11.5 Å². The van der Waals surface area contributed by atoms with E-state index in [0.717, 1.165) is 6.42 Å². The molecule has 1 unspecified atom stereocenters. The summed E-state index contributed by atoms with van der Waals surface area (Å²) >= 11 is 0. The minimum atomic E-state index is -0.376. The van der Waals surface area contributed by atoms with E-state index in [2.05, 4.69) is 5.10 Å². The number of ether oxygens (including phenoxy) is 1. The molecular weight excluding hydrogens is 276 g/mol. The summed E-state index contributed by atoms with van der Waals surface area (Å²) in [5.41, 5.74) is 0.561. The third-order valence-electron chi connectivity index (χ3n) is 3.75. The second-order valence-corrected chi connectivity index (χ2v) is 5.20. The van der Waals surface area contributed by atoms with Gasteiger partial charge in [0, 0.05) is 20.1 Å². The fourth-order valence-electron chi connectivity index (χ4n) is 2.82. The molecule has 1 aliphatic rings. The highest BCUT2D eigenvalue weighted by molar-refractivity contribution is 5.74. The first kappa shape index (κ1) is 15.3. The second kappa shape index (κ2) is 6.11. The van der Waals surface area contributed by atoms with Crippen molar-refractivity contribution >= 4 is 17.5 Å². The van der Waals surface area contributed by atoms with Crippen LogP contribution in [-0.2, 0) is 23.0 Å². The van der Waals surface area contributed by atoms with E-state index in [4.69, 9.17) is 4.74 Å². The van der Waals surface area contributed by atoms with Crippen molar-refractivity contribution in [1.29, 1.82) is 0 Å². The minimum Gasteiger partial charge on any atom is -0.469 e. The van der Waals surface area contributed by atoms with Gasteiger partial charge >= 0.3 is 11.7 Å². The standard InChI is InChI=1S/C13H20N4O4/c1-4-5-10-11(17(19)20)12(15(2)14-10)16-7-6-9(8-16)13(18)21-3/h9H,4-8H2,1-3H3. The Morgan fingerprint density at radius 1 is 1.57 bits per heavy atom. The Morgan fingerprint density at radius 3 is 2.86 bits per heavy atom. The summed E-state index contributed by atoms with van der Waals surface area (Å²) in [7, 11) is 3.06. The number of hydrogen-bond donors (Lipinski definition) is 0. The van der Waals surface area contributed by atoms with Gasteiger partial charge in [0.15, 0.2) is 0 Å². The number of nitro groups is 1. The normalized spacial score (nSPS) is 18.0. The third kappa shape index (κ3) is 2.84. The summed E-state index contributed by atoms with van der Waals surface area (Å²) in [5.74, 6) is -0.0231. The smallest absolute Gasteiger partial charge is 0.334 e. The zero-order chi connectivity index (χ0) is 15.6. The van der Waals surface area contributed by atoms with Crippen LogP contribution in [0.2, 0.25) is 0 Å². The Bertz CT molecular complexity index is 555. The van der Waals surface area contributed by atoms with Gasteiger partial charge in [-0.05, 0) is 12.8 Å². The summed E-state index contributed by atoms with van der Waals surface area (Å²) in [4.78, 5) is 24.5. The van der Waals surface area contributed by atoms with Crippen LogP contribution in [0.15, 0.2) is 0 Å². The van der Waals surface area contributed by atoms with E-state index in [0.29, 0.717) is 37.4 Å². The predicted octanol–water partition coefficient (Wildman–Crippen LogP) is 1.28. The maximum absolute atomic E-state index is 11.6. The molecule has 1 aromatic rings. The molecule has 2 heterocycles. The molecule has 0 spiro atoms. The van der Waals surface area contributed by atoms with Crippen molar-refractivity contribution in [2.75, 3.05) is 25.1 Å². The molecule has 0 saturated carbocycles. The molecule has 2 rings (SSSR count). The van der Waals surface area contributed by atoms with Crippen LogP contribution < -0.4 is 4.90 Å². The minimum absolute atomic E-state index is 0.0601. The molecule has 1 fully saturated rings. The number of rotatable bonds is 5. The molecule has 116 valence electrons. The maximum Gasteiger partial charge on any atom is 0.334 e. The Hall–Kier alpha value is -2.12. The molecule has 0 radical (unpaired) electrons. The van der Waals surface area contributed by atoms with Crippen molar-refractivity contribution in [3.05, 3.63) is 15.8 Å². The fourth-order valence-corrected chi connectivity index (χ4v) is 2.82. The highest BCUT2D eigenvalue weighted by Gasteiger charge is 2.36. The number of carbonyl (C=O) groups is 1. The molecule has 0 bridgehead atoms. The van der Waals surface area contributed by atoms with E-state index in [1.165, 1.54) is 7.11 Å². The lowest BCUT2D eigenvalue weighted by atomic mass is 10.1. The van der Waals surface area contributed by atoms with Gasteiger partial charge in [-0.3, -0.25) is 14.9 Å². The Morgan fingerprint density at radius 2 is 2.29 bits per heavy atom. The van der Waals surface area contributed by atoms with Gasteiger partial charge in [0.25, 0.3) is 0 Å². The van der Waals surface area contributed by atoms with Gasteiger partial charge in [0.1, 0.15) is 5.69 Å². The van der Waals surface area contributed by atoms with Gasteiger partial charge < -0.3 is 9.64 Å². The average molecular weight is 296 g/mol. The molecular formula is C13H20N4O4. The predicted molar refractivity (Wildman–Crippen MR) is 76.2 cm³/mol. The SMILES string of the molecule is CCCc1nn(C)c(N2CCC(C(=O)OC)C2)c1[N+](=O)[O-]. The highest BCUT2D eigenvalue weighted by atomic mass is 16.6. The molecule has 0 aromatic carbocycles. The van der Waals surface area contributed by atoms with Crippen LogP contribution in [-0.4, -0.2) is 40.9 Å². The molecule has 1 aliphatic heterocycles. The third-order valence-corrected chi connectivity index (χ3v) is 3.75. The van der Waals surface area contributed by atoms with E-state index in [1.807, 2.05) is 11.8 Å². The van der Waals surface area contributed by atoms with Crippen LogP contribution in [0.3, 0.4) is 0 Å². The zero-order valence-corrected chi connectivity index (χ0v) is 12.5. The number of aromatic nitrogens is 2. The molecule has 21 heavy (non-hydrogen) atoms. The van der Waals surface area contributed by atoms with Gasteiger partial charge in [0.05, 0.1) is 18.0 Å². The number of nitrogens with zero attached hydrogens (tertiary/aromatic N) is 4. The summed E-state index contributed by atoms with van der Waals surface area (Å²) in [5, 5.41) is 15.7. The van der Waals surface area contributed by atoms with Gasteiger partial charge in [-0.25, -0.2) is 4.68 Å². The van der Waals surface area contributed by atoms with Gasteiger partial charge in [-0.1, -0.05) is 13.3 Å². The number of carbonyl (C=O) groups excluding carboxylic acids is 1. The second-order valence-electron chi connectivity index (χ2n) is 5.20. The quantitative estimate of drug-likeness (QED) is 0.462. The lowest BCUT2D eigenvalue weighted by Crippen LogP contribution is -2.25. The number of hydrogen-bond acceptors (Lipinski definition) is 6. The number of esters is 1. The number of aryl methyl sites for hydroxylation is 2. The first-order valence-electron chi connectivity index (χ1n) is 7.02. The first-order valence-corrected chi connectivity index (χ1v) is 7.02. The van der Waals surface area contributed by atoms with Crippen molar-refractivity contribution in [3.63, 3.8) is 0 Å². The number of anilines is 1. The first-order chi connectivity index (χ1) is 9.99. The molecule has 0 aliphatic carbocycles. The molecule has 8 heteroatoms. The maximum atomic E-state index is 11.6. The zero-order valence-electron chi connectivity index (χ0n) is 12.5. The van der Waals surface area contributed by atoms with Crippen molar-refractivity contribution in [1.82, 2.24) is 9.78 Å². The monoisotopic (exact) mass is 296 g/mol. The lowest BCUT2D eigenvalue weighted by molar-refractivity contribution is -0.384. The summed E-state index contributed by atoms with van der Waals surface area (Å²) in [6.45, 7) is 2.98. The highest BCUT2D eigenvalue weighted by Crippen LogP contribution is 2.35. The van der Waals surface area contributed by atoms with Crippen LogP contribution in [0.25, 0.3) is 0 Å². The molecule has 1 atom stereocenters. The van der Waals surface area contributed by atoms with Gasteiger partial charge in [-0.2, -0.15) is 5.10 Å². The van der Waals surface area contributed by atoms with Crippen LogP contribution in [0.1, 0.15) is 25.5 Å². The van der Waals surface area contributed by atoms with E-state index >= 15 is 0 Å². The number of methoxy groups -OCH3 is 1. The van der Waals surface area contributed by atoms with Crippen molar-refractivity contribution in [2.45, 2.75) is 26.2 Å². The van der Waals surface area contributed by atoms with E-state index in [-0.39, 0.29) is 22.5 Å². The van der Waals surface area contributed by atoms with Crippen LogP contribution >= 0.6 is 0 Å². The Kier molecular flexibility index (Phi) is 4.44. The van der Waals surface area contributed by atoms with Crippen LogP contribution in [0.5, 0.6) is 0 Å². The molecule has 1 aromatic heterocycles. The van der Waals surface area contributed by atoms with E-state index in [1.54, 1.807) is 11.7 Å². The van der Waals surface area contributed by atoms with Crippen molar-refractivity contribution in [3.8, 4) is 0 Å². The molecule has 0 N–H and O–H groups in total. The summed E-state index contributed by atoms with van der Waals surface area (Å²) in [6.07, 6.45) is 2.00. The molecule has 8 nitrogen and oxygen atoms in total. The van der Waals surface area contributed by atoms with Crippen molar-refractivity contribution in [2.24, 2.45) is 13.0 Å².